The molecule has 2 atom stereocenters. The molecule has 1 heterocycles. The Morgan fingerprint density at radius 2 is 2.17 bits per heavy atom. The van der Waals surface area contributed by atoms with E-state index in [0.29, 0.717) is 24.8 Å². The van der Waals surface area contributed by atoms with Crippen LogP contribution in [-0.2, 0) is 9.47 Å². The average molecular weight is 249 g/mol. The number of carbonyl (C=O) groups excluding carboxylic acids is 1. The molecule has 0 bridgehead atoms. The molecular formula is C14H19NO3. The molecule has 18 heavy (non-hydrogen) atoms. The lowest BCUT2D eigenvalue weighted by Gasteiger charge is -2.28. The molecule has 1 fully saturated rings. The molecule has 0 aliphatic carbocycles. The maximum atomic E-state index is 11.5. The van der Waals surface area contributed by atoms with Crippen molar-refractivity contribution in [2.75, 3.05) is 19.8 Å². The van der Waals surface area contributed by atoms with E-state index in [4.69, 9.17) is 9.47 Å². The third-order valence-electron chi connectivity index (χ3n) is 2.99. The highest BCUT2D eigenvalue weighted by Crippen LogP contribution is 2.20. The van der Waals surface area contributed by atoms with Crippen molar-refractivity contribution in [3.63, 3.8) is 0 Å². The minimum Gasteiger partial charge on any atom is -0.462 e. The second kappa shape index (κ2) is 5.98. The number of ether oxygens (including phenoxy) is 2. The number of hydrogen-bond acceptors (Lipinski definition) is 4. The second-order valence-electron chi connectivity index (χ2n) is 4.47. The summed E-state index contributed by atoms with van der Waals surface area (Å²) >= 11 is 0. The molecule has 1 saturated heterocycles. The zero-order valence-electron chi connectivity index (χ0n) is 10.8. The van der Waals surface area contributed by atoms with Gasteiger partial charge in [0.1, 0.15) is 0 Å². The number of morpholine rings is 1. The van der Waals surface area contributed by atoms with Crippen molar-refractivity contribution in [3.05, 3.63) is 35.4 Å². The highest BCUT2D eigenvalue weighted by molar-refractivity contribution is 5.89. The van der Waals surface area contributed by atoms with Crippen LogP contribution in [0.1, 0.15) is 35.9 Å². The van der Waals surface area contributed by atoms with E-state index in [0.717, 1.165) is 12.1 Å². The van der Waals surface area contributed by atoms with Gasteiger partial charge < -0.3 is 14.8 Å². The van der Waals surface area contributed by atoms with Gasteiger partial charge in [0, 0.05) is 12.6 Å². The second-order valence-corrected chi connectivity index (χ2v) is 4.47. The zero-order chi connectivity index (χ0) is 13.0. The largest absolute Gasteiger partial charge is 0.462 e. The maximum absolute atomic E-state index is 11.5. The highest BCUT2D eigenvalue weighted by Gasteiger charge is 2.19. The van der Waals surface area contributed by atoms with Crippen LogP contribution in [0.25, 0.3) is 0 Å². The van der Waals surface area contributed by atoms with E-state index in [1.807, 2.05) is 12.1 Å². The van der Waals surface area contributed by atoms with E-state index >= 15 is 0 Å². The Kier molecular flexibility index (Phi) is 4.33. The summed E-state index contributed by atoms with van der Waals surface area (Å²) in [6.45, 7) is 5.81. The first-order valence-corrected chi connectivity index (χ1v) is 6.32. The zero-order valence-corrected chi connectivity index (χ0v) is 10.8. The number of benzene rings is 1. The SMILES string of the molecule is CCOC(=O)c1ccc([C@@H]2CN[C@H](C)CO2)cc1. The summed E-state index contributed by atoms with van der Waals surface area (Å²) < 4.78 is 10.7. The predicted octanol–water partition coefficient (Wildman–Crippen LogP) is 1.91. The topological polar surface area (TPSA) is 47.6 Å². The quantitative estimate of drug-likeness (QED) is 0.831. The minimum atomic E-state index is -0.277. The van der Waals surface area contributed by atoms with E-state index in [2.05, 4.69) is 12.2 Å². The van der Waals surface area contributed by atoms with E-state index in [-0.39, 0.29) is 12.1 Å². The standard InChI is InChI=1S/C14H19NO3/c1-3-17-14(16)12-6-4-11(5-7-12)13-8-15-10(2)9-18-13/h4-7,10,13,15H,3,8-9H2,1-2H3/t10-,13+/m1/s1. The molecule has 1 aliphatic heterocycles. The van der Waals surface area contributed by atoms with Gasteiger partial charge in [-0.05, 0) is 31.5 Å². The van der Waals surface area contributed by atoms with E-state index in [9.17, 15) is 4.79 Å². The molecule has 1 aromatic rings. The van der Waals surface area contributed by atoms with Crippen LogP contribution in [0.15, 0.2) is 24.3 Å². The molecule has 98 valence electrons. The van der Waals surface area contributed by atoms with Crippen molar-refractivity contribution in [3.8, 4) is 0 Å². The monoisotopic (exact) mass is 249 g/mol. The fraction of sp³-hybridized carbons (Fsp3) is 0.500. The van der Waals surface area contributed by atoms with Crippen molar-refractivity contribution in [1.82, 2.24) is 5.32 Å². The molecule has 0 saturated carbocycles. The molecule has 0 amide bonds. The Balaban J connectivity index is 2.01. The lowest BCUT2D eigenvalue weighted by Crippen LogP contribution is -2.40. The van der Waals surface area contributed by atoms with Gasteiger partial charge in [0.05, 0.1) is 24.9 Å². The van der Waals surface area contributed by atoms with Crippen LogP contribution in [0.2, 0.25) is 0 Å². The number of hydrogen-bond donors (Lipinski definition) is 1. The van der Waals surface area contributed by atoms with Gasteiger partial charge in [0.2, 0.25) is 0 Å². The Morgan fingerprint density at radius 1 is 1.44 bits per heavy atom. The lowest BCUT2D eigenvalue weighted by atomic mass is 10.1. The molecule has 0 spiro atoms. The normalized spacial score (nSPS) is 23.7. The van der Waals surface area contributed by atoms with Crippen molar-refractivity contribution in [2.45, 2.75) is 26.0 Å². The number of esters is 1. The van der Waals surface area contributed by atoms with E-state index in [1.54, 1.807) is 19.1 Å². The first-order valence-electron chi connectivity index (χ1n) is 6.32. The Bertz CT molecular complexity index is 394. The Morgan fingerprint density at radius 3 is 2.72 bits per heavy atom. The molecule has 1 aromatic carbocycles. The minimum absolute atomic E-state index is 0.0671. The van der Waals surface area contributed by atoms with Crippen molar-refractivity contribution in [2.24, 2.45) is 0 Å². The first kappa shape index (κ1) is 13.1. The molecule has 2 rings (SSSR count). The molecule has 4 heteroatoms. The van der Waals surface area contributed by atoms with Gasteiger partial charge in [0.25, 0.3) is 0 Å². The number of nitrogens with one attached hydrogen (secondary N) is 1. The number of carbonyl (C=O) groups is 1. The van der Waals surface area contributed by atoms with Crippen LogP contribution >= 0.6 is 0 Å². The summed E-state index contributed by atoms with van der Waals surface area (Å²) in [7, 11) is 0. The number of rotatable bonds is 3. The maximum Gasteiger partial charge on any atom is 0.338 e. The molecular weight excluding hydrogens is 230 g/mol. The van der Waals surface area contributed by atoms with E-state index < -0.39 is 0 Å². The molecule has 0 radical (unpaired) electrons. The van der Waals surface area contributed by atoms with Crippen molar-refractivity contribution < 1.29 is 14.3 Å². The van der Waals surface area contributed by atoms with Crippen LogP contribution in [0.5, 0.6) is 0 Å². The van der Waals surface area contributed by atoms with Gasteiger partial charge in [-0.15, -0.1) is 0 Å². The summed E-state index contributed by atoms with van der Waals surface area (Å²) in [6.07, 6.45) is 0.0671. The van der Waals surface area contributed by atoms with Gasteiger partial charge in [-0.1, -0.05) is 12.1 Å². The smallest absolute Gasteiger partial charge is 0.338 e. The Labute approximate surface area is 107 Å². The van der Waals surface area contributed by atoms with Crippen molar-refractivity contribution in [1.29, 1.82) is 0 Å². The summed E-state index contributed by atoms with van der Waals surface area (Å²) in [4.78, 5) is 11.5. The van der Waals surface area contributed by atoms with Gasteiger partial charge in [0.15, 0.2) is 0 Å². The fourth-order valence-corrected chi connectivity index (χ4v) is 1.95. The molecule has 0 aromatic heterocycles. The van der Waals surface area contributed by atoms with Crippen LogP contribution in [-0.4, -0.2) is 31.8 Å². The molecule has 0 unspecified atom stereocenters. The summed E-state index contributed by atoms with van der Waals surface area (Å²) in [5.74, 6) is -0.277. The highest BCUT2D eigenvalue weighted by atomic mass is 16.5. The van der Waals surface area contributed by atoms with Crippen LogP contribution in [0, 0.1) is 0 Å². The van der Waals surface area contributed by atoms with Crippen LogP contribution < -0.4 is 5.32 Å². The van der Waals surface area contributed by atoms with Gasteiger partial charge in [-0.25, -0.2) is 4.79 Å². The lowest BCUT2D eigenvalue weighted by molar-refractivity contribution is 0.00692. The summed E-state index contributed by atoms with van der Waals surface area (Å²) in [5.41, 5.74) is 1.67. The fourth-order valence-electron chi connectivity index (χ4n) is 1.95. The van der Waals surface area contributed by atoms with Gasteiger partial charge >= 0.3 is 5.97 Å². The average Bonchev–Trinajstić information content (AvgIpc) is 2.40. The van der Waals surface area contributed by atoms with E-state index in [1.165, 1.54) is 0 Å². The Hall–Kier alpha value is -1.39. The molecule has 4 nitrogen and oxygen atoms in total. The molecule has 1 aliphatic rings. The summed E-state index contributed by atoms with van der Waals surface area (Å²) in [6, 6.07) is 7.83. The third-order valence-corrected chi connectivity index (χ3v) is 2.99. The third kappa shape index (κ3) is 3.09. The van der Waals surface area contributed by atoms with Crippen LogP contribution in [0.4, 0.5) is 0 Å². The molecule has 1 N–H and O–H groups in total. The summed E-state index contributed by atoms with van der Waals surface area (Å²) in [5, 5.41) is 3.37. The van der Waals surface area contributed by atoms with Crippen LogP contribution in [0.3, 0.4) is 0 Å². The van der Waals surface area contributed by atoms with Gasteiger partial charge in [-0.2, -0.15) is 0 Å². The van der Waals surface area contributed by atoms with Crippen molar-refractivity contribution >= 4 is 5.97 Å². The first-order chi connectivity index (χ1) is 8.70. The van der Waals surface area contributed by atoms with Gasteiger partial charge in [-0.3, -0.25) is 0 Å². The predicted molar refractivity (Wildman–Crippen MR) is 68.6 cm³/mol.